The average Bonchev–Trinajstić information content (AvgIpc) is 3.99. The number of allylic oxidation sites excluding steroid dienone is 2. The third-order valence-electron chi connectivity index (χ3n) is 10.2. The van der Waals surface area contributed by atoms with Gasteiger partial charge < -0.3 is 9.47 Å². The molecule has 2 aromatic heterocycles. The SMILES string of the molecule is [CH]=CC1OC(/C=C/c2ccccc2)C2C(=O)N(c3ccc(OC(=O)c4cc(C5=C(c6cc(-c7ccccc7)sc6C)CCC5)c(C)s4)cc3)C(=O)C12. The number of anilines is 1. The lowest BCUT2D eigenvalue weighted by Gasteiger charge is -2.19. The van der Waals surface area contributed by atoms with E-state index in [0.717, 1.165) is 35.3 Å². The second-order valence-electron chi connectivity index (χ2n) is 13.3. The second-order valence-corrected chi connectivity index (χ2v) is 15.8. The summed E-state index contributed by atoms with van der Waals surface area (Å²) in [4.78, 5) is 46.1. The maximum Gasteiger partial charge on any atom is 0.353 e. The van der Waals surface area contributed by atoms with Gasteiger partial charge in [-0.25, -0.2) is 9.69 Å². The van der Waals surface area contributed by atoms with Gasteiger partial charge in [-0.15, -0.1) is 22.7 Å². The van der Waals surface area contributed by atoms with E-state index in [-0.39, 0.29) is 11.8 Å². The van der Waals surface area contributed by atoms with Crippen LogP contribution in [0.2, 0.25) is 0 Å². The largest absolute Gasteiger partial charge is 0.422 e. The summed E-state index contributed by atoms with van der Waals surface area (Å²) in [5.41, 5.74) is 7.66. The molecule has 2 fully saturated rings. The van der Waals surface area contributed by atoms with Crippen LogP contribution in [-0.4, -0.2) is 30.0 Å². The maximum absolute atomic E-state index is 13.7. The lowest BCUT2D eigenvalue weighted by atomic mass is 9.89. The van der Waals surface area contributed by atoms with Gasteiger partial charge in [-0.05, 0) is 103 Å². The normalized spacial score (nSPS) is 21.4. The smallest absolute Gasteiger partial charge is 0.353 e. The van der Waals surface area contributed by atoms with Crippen LogP contribution >= 0.6 is 22.7 Å². The fourth-order valence-corrected chi connectivity index (χ4v) is 9.65. The number of amides is 2. The van der Waals surface area contributed by atoms with E-state index in [2.05, 4.69) is 44.2 Å². The first kappa shape index (κ1) is 34.0. The molecule has 0 bridgehead atoms. The number of imide groups is 1. The molecule has 2 aliphatic heterocycles. The third-order valence-corrected chi connectivity index (χ3v) is 12.3. The molecule has 6 nitrogen and oxygen atoms in total. The molecule has 1 aliphatic carbocycles. The number of benzene rings is 3. The summed E-state index contributed by atoms with van der Waals surface area (Å²) in [7, 11) is 0. The first-order valence-electron chi connectivity index (χ1n) is 17.4. The van der Waals surface area contributed by atoms with Gasteiger partial charge in [0.15, 0.2) is 0 Å². The van der Waals surface area contributed by atoms with Crippen LogP contribution in [0.1, 0.15) is 55.4 Å². The van der Waals surface area contributed by atoms with Crippen molar-refractivity contribution in [2.24, 2.45) is 11.8 Å². The summed E-state index contributed by atoms with van der Waals surface area (Å²) in [6.07, 6.45) is 6.82. The van der Waals surface area contributed by atoms with Gasteiger partial charge in [-0.3, -0.25) is 9.59 Å². The standard InChI is InChI=1S/C44H36NO5S2/c1-4-36-40-41(37(50-36)23-18-28-12-7-5-8-13-28)43(47)45(42(40)46)30-19-21-31(22-20-30)49-44(48)39-25-35(27(3)52-39)33-17-11-16-32(33)34-24-38(51-26(34)2)29-14-9-6-10-15-29/h1,4-10,12-15,18-25,36-37,40-41H,11,16-17H2,2-3H3/b4-1?,23-18+. The molecule has 4 atom stereocenters. The van der Waals surface area contributed by atoms with Crippen molar-refractivity contribution in [3.8, 4) is 16.2 Å². The van der Waals surface area contributed by atoms with Crippen molar-refractivity contribution in [2.45, 2.75) is 45.3 Å². The van der Waals surface area contributed by atoms with Crippen molar-refractivity contribution in [3.05, 3.63) is 147 Å². The minimum absolute atomic E-state index is 0.323. The Hall–Kier alpha value is -5.15. The van der Waals surface area contributed by atoms with Gasteiger partial charge in [-0.2, -0.15) is 0 Å². The number of carbonyl (C=O) groups is 3. The number of rotatable bonds is 9. The Bertz CT molecular complexity index is 2250. The fraction of sp³-hybridized carbons (Fsp3) is 0.205. The Morgan fingerprint density at radius 1 is 0.808 bits per heavy atom. The van der Waals surface area contributed by atoms with Crippen molar-refractivity contribution < 1.29 is 23.9 Å². The number of esters is 1. The van der Waals surface area contributed by atoms with Crippen LogP contribution in [0, 0.1) is 32.3 Å². The molecule has 4 heterocycles. The average molecular weight is 723 g/mol. The molecule has 0 N–H and O–H groups in total. The highest BCUT2D eigenvalue weighted by Crippen LogP contribution is 2.47. The Morgan fingerprint density at radius 3 is 2.10 bits per heavy atom. The fourth-order valence-electron chi connectivity index (χ4n) is 7.68. The molecule has 3 aliphatic rings. The topological polar surface area (TPSA) is 72.9 Å². The third kappa shape index (κ3) is 6.21. The summed E-state index contributed by atoms with van der Waals surface area (Å²) in [5, 5.41) is 0. The molecule has 8 rings (SSSR count). The first-order chi connectivity index (χ1) is 25.3. The number of thiophene rings is 2. The van der Waals surface area contributed by atoms with E-state index in [1.807, 2.05) is 66.0 Å². The van der Waals surface area contributed by atoms with E-state index in [1.54, 1.807) is 24.3 Å². The minimum Gasteiger partial charge on any atom is -0.422 e. The van der Waals surface area contributed by atoms with Crippen molar-refractivity contribution in [3.63, 3.8) is 0 Å². The molecule has 3 aromatic carbocycles. The van der Waals surface area contributed by atoms with Gasteiger partial charge in [0.1, 0.15) is 10.6 Å². The molecule has 0 saturated carbocycles. The number of fused-ring (bicyclic) bond motifs is 1. The molecule has 1 radical (unpaired) electrons. The molecule has 5 aromatic rings. The van der Waals surface area contributed by atoms with E-state index in [0.29, 0.717) is 16.3 Å². The van der Waals surface area contributed by atoms with Gasteiger partial charge in [0.2, 0.25) is 11.8 Å². The summed E-state index contributed by atoms with van der Waals surface area (Å²) in [6.45, 7) is 10.1. The van der Waals surface area contributed by atoms with Crippen LogP contribution in [0.3, 0.4) is 0 Å². The van der Waals surface area contributed by atoms with Crippen LogP contribution in [0.4, 0.5) is 5.69 Å². The minimum atomic E-state index is -0.721. The van der Waals surface area contributed by atoms with Crippen LogP contribution in [-0.2, 0) is 14.3 Å². The van der Waals surface area contributed by atoms with Gasteiger partial charge in [-0.1, -0.05) is 85.5 Å². The summed E-state index contributed by atoms with van der Waals surface area (Å²) >= 11 is 3.26. The highest BCUT2D eigenvalue weighted by molar-refractivity contribution is 7.15. The first-order valence-corrected chi connectivity index (χ1v) is 19.1. The Balaban J connectivity index is 0.982. The quantitative estimate of drug-likeness (QED) is 0.0861. The van der Waals surface area contributed by atoms with Gasteiger partial charge in [0, 0.05) is 14.6 Å². The molecule has 259 valence electrons. The van der Waals surface area contributed by atoms with Crippen molar-refractivity contribution in [1.82, 2.24) is 0 Å². The van der Waals surface area contributed by atoms with E-state index in [1.165, 1.54) is 54.3 Å². The predicted molar refractivity (Wildman–Crippen MR) is 208 cm³/mol. The zero-order valence-corrected chi connectivity index (χ0v) is 30.4. The monoisotopic (exact) mass is 722 g/mol. The van der Waals surface area contributed by atoms with E-state index < -0.39 is 30.0 Å². The molecular weight excluding hydrogens is 687 g/mol. The Kier molecular flexibility index (Phi) is 9.22. The van der Waals surface area contributed by atoms with Crippen LogP contribution in [0.25, 0.3) is 27.7 Å². The zero-order chi connectivity index (χ0) is 35.9. The Labute approximate surface area is 311 Å². The number of aryl methyl sites for hydroxylation is 2. The molecular formula is C44H36NO5S2. The highest BCUT2D eigenvalue weighted by atomic mass is 32.1. The molecule has 2 amide bonds. The summed E-state index contributed by atoms with van der Waals surface area (Å²) in [5.74, 6) is -2.25. The van der Waals surface area contributed by atoms with Crippen LogP contribution in [0.15, 0.2) is 109 Å². The second kappa shape index (κ2) is 14.1. The number of ether oxygens (including phenoxy) is 2. The number of nitrogens with zero attached hydrogens (tertiary/aromatic N) is 1. The lowest BCUT2D eigenvalue weighted by Crippen LogP contribution is -2.35. The van der Waals surface area contributed by atoms with Crippen molar-refractivity contribution in [2.75, 3.05) is 4.90 Å². The van der Waals surface area contributed by atoms with Crippen LogP contribution < -0.4 is 9.64 Å². The molecule has 0 spiro atoms. The maximum atomic E-state index is 13.7. The van der Waals surface area contributed by atoms with E-state index in [4.69, 9.17) is 16.1 Å². The van der Waals surface area contributed by atoms with Crippen molar-refractivity contribution in [1.29, 1.82) is 0 Å². The van der Waals surface area contributed by atoms with E-state index in [9.17, 15) is 14.4 Å². The predicted octanol–water partition coefficient (Wildman–Crippen LogP) is 9.98. The van der Waals surface area contributed by atoms with Gasteiger partial charge in [0.25, 0.3) is 0 Å². The van der Waals surface area contributed by atoms with Gasteiger partial charge >= 0.3 is 5.97 Å². The number of hydrogen-bond donors (Lipinski definition) is 0. The zero-order valence-electron chi connectivity index (χ0n) is 28.8. The molecule has 2 saturated heterocycles. The van der Waals surface area contributed by atoms with Gasteiger partial charge in [0.05, 0.1) is 29.7 Å². The van der Waals surface area contributed by atoms with Crippen molar-refractivity contribution >= 4 is 63.4 Å². The number of hydrogen-bond acceptors (Lipinski definition) is 7. The van der Waals surface area contributed by atoms with Crippen LogP contribution in [0.5, 0.6) is 5.75 Å². The molecule has 8 heteroatoms. The summed E-state index contributed by atoms with van der Waals surface area (Å²) in [6, 6.07) is 30.9. The lowest BCUT2D eigenvalue weighted by molar-refractivity contribution is -0.124. The molecule has 4 unspecified atom stereocenters. The number of carbonyl (C=O) groups excluding carboxylic acids is 3. The summed E-state index contributed by atoms with van der Waals surface area (Å²) < 4.78 is 11.8. The highest BCUT2D eigenvalue weighted by Gasteiger charge is 2.59. The Morgan fingerprint density at radius 2 is 1.42 bits per heavy atom. The van der Waals surface area contributed by atoms with E-state index >= 15 is 0 Å². The molecule has 52 heavy (non-hydrogen) atoms.